The summed E-state index contributed by atoms with van der Waals surface area (Å²) in [6, 6.07) is 5.79. The van der Waals surface area contributed by atoms with E-state index in [1.54, 1.807) is 37.2 Å². The Morgan fingerprint density at radius 3 is 2.71 bits per heavy atom. The van der Waals surface area contributed by atoms with Crippen LogP contribution in [0.2, 0.25) is 0 Å². The van der Waals surface area contributed by atoms with Crippen molar-refractivity contribution >= 4 is 21.6 Å². The molecular formula is C21H24N2O4S. The van der Waals surface area contributed by atoms with Crippen molar-refractivity contribution in [3.8, 4) is 11.5 Å². The van der Waals surface area contributed by atoms with Crippen molar-refractivity contribution in [1.82, 2.24) is 9.55 Å². The number of thiophene rings is 1. The molecule has 4 rings (SSSR count). The van der Waals surface area contributed by atoms with Crippen LogP contribution in [0.3, 0.4) is 0 Å². The zero-order valence-corrected chi connectivity index (χ0v) is 17.2. The maximum absolute atomic E-state index is 13.3. The van der Waals surface area contributed by atoms with Crippen LogP contribution in [0.25, 0.3) is 10.2 Å². The summed E-state index contributed by atoms with van der Waals surface area (Å²) in [5.41, 5.74) is 2.28. The number of hydrogen-bond acceptors (Lipinski definition) is 6. The standard InChI is InChI=1S/C21H24N2O4S/c1-25-10-9-23-18(12-13-7-8-15(26-2)16(11-13)27-3)22-20-19(21(23)24)14-5-4-6-17(14)28-20/h7-8,11H,4-6,9-10,12H2,1-3H3. The molecule has 1 aliphatic rings. The second-order valence-corrected chi connectivity index (χ2v) is 7.96. The fourth-order valence-electron chi connectivity index (χ4n) is 3.84. The Hall–Kier alpha value is -2.38. The lowest BCUT2D eigenvalue weighted by Gasteiger charge is -2.14. The Balaban J connectivity index is 1.80. The van der Waals surface area contributed by atoms with Crippen molar-refractivity contribution in [3.05, 3.63) is 50.4 Å². The number of fused-ring (bicyclic) bond motifs is 3. The molecule has 6 nitrogen and oxygen atoms in total. The van der Waals surface area contributed by atoms with Gasteiger partial charge in [-0.3, -0.25) is 9.36 Å². The lowest BCUT2D eigenvalue weighted by Crippen LogP contribution is -2.27. The summed E-state index contributed by atoms with van der Waals surface area (Å²) in [6.07, 6.45) is 3.70. The number of methoxy groups -OCH3 is 3. The van der Waals surface area contributed by atoms with E-state index in [-0.39, 0.29) is 5.56 Å². The predicted molar refractivity (Wildman–Crippen MR) is 110 cm³/mol. The molecule has 0 bridgehead atoms. The van der Waals surface area contributed by atoms with Crippen molar-refractivity contribution in [1.29, 1.82) is 0 Å². The number of nitrogens with zero attached hydrogens (tertiary/aromatic N) is 2. The van der Waals surface area contributed by atoms with Crippen LogP contribution in [0, 0.1) is 0 Å². The van der Waals surface area contributed by atoms with E-state index >= 15 is 0 Å². The van der Waals surface area contributed by atoms with Gasteiger partial charge in [0.25, 0.3) is 5.56 Å². The predicted octanol–water partition coefficient (Wildman–Crippen LogP) is 3.20. The smallest absolute Gasteiger partial charge is 0.262 e. The van der Waals surface area contributed by atoms with E-state index in [1.807, 2.05) is 18.2 Å². The summed E-state index contributed by atoms with van der Waals surface area (Å²) in [7, 11) is 4.88. The summed E-state index contributed by atoms with van der Waals surface area (Å²) in [6.45, 7) is 0.962. The molecule has 2 aromatic heterocycles. The van der Waals surface area contributed by atoms with Crippen molar-refractivity contribution < 1.29 is 14.2 Å². The summed E-state index contributed by atoms with van der Waals surface area (Å²) in [5, 5.41) is 0.810. The number of rotatable bonds is 7. The molecule has 0 spiro atoms. The van der Waals surface area contributed by atoms with Crippen LogP contribution < -0.4 is 15.0 Å². The zero-order valence-electron chi connectivity index (χ0n) is 16.4. The number of ether oxygens (including phenoxy) is 3. The number of aromatic nitrogens is 2. The van der Waals surface area contributed by atoms with E-state index in [0.717, 1.165) is 40.9 Å². The van der Waals surface area contributed by atoms with Crippen LogP contribution in [0.5, 0.6) is 11.5 Å². The van der Waals surface area contributed by atoms with Gasteiger partial charge in [0.15, 0.2) is 11.5 Å². The Morgan fingerprint density at radius 2 is 1.96 bits per heavy atom. The van der Waals surface area contributed by atoms with Gasteiger partial charge in [0.1, 0.15) is 10.7 Å². The summed E-state index contributed by atoms with van der Waals surface area (Å²) in [5.74, 6) is 2.10. The third kappa shape index (κ3) is 3.29. The average molecular weight is 401 g/mol. The average Bonchev–Trinajstić information content (AvgIpc) is 3.28. The van der Waals surface area contributed by atoms with Crippen LogP contribution in [-0.4, -0.2) is 37.5 Å². The van der Waals surface area contributed by atoms with E-state index in [1.165, 1.54) is 10.4 Å². The van der Waals surface area contributed by atoms with Crippen molar-refractivity contribution in [2.24, 2.45) is 0 Å². The quantitative estimate of drug-likeness (QED) is 0.609. The normalized spacial score (nSPS) is 13.1. The highest BCUT2D eigenvalue weighted by Crippen LogP contribution is 2.35. The first-order valence-corrected chi connectivity index (χ1v) is 10.2. The molecule has 0 saturated heterocycles. The first-order chi connectivity index (χ1) is 13.7. The molecule has 3 aromatic rings. The first kappa shape index (κ1) is 19.0. The molecule has 1 aromatic carbocycles. The van der Waals surface area contributed by atoms with Gasteiger partial charge in [-0.05, 0) is 42.5 Å². The monoisotopic (exact) mass is 400 g/mol. The van der Waals surface area contributed by atoms with Crippen LogP contribution in [0.4, 0.5) is 0 Å². The van der Waals surface area contributed by atoms with E-state index in [2.05, 4.69) is 0 Å². The lowest BCUT2D eigenvalue weighted by atomic mass is 10.1. The van der Waals surface area contributed by atoms with E-state index < -0.39 is 0 Å². The lowest BCUT2D eigenvalue weighted by molar-refractivity contribution is 0.185. The first-order valence-electron chi connectivity index (χ1n) is 9.40. The Bertz CT molecular complexity index is 1070. The van der Waals surface area contributed by atoms with Gasteiger partial charge in [-0.15, -0.1) is 11.3 Å². The SMILES string of the molecule is COCCn1c(Cc2ccc(OC)c(OC)c2)nc2sc3c(c2c1=O)CCC3. The number of benzene rings is 1. The molecule has 0 fully saturated rings. The molecule has 28 heavy (non-hydrogen) atoms. The van der Waals surface area contributed by atoms with Crippen molar-refractivity contribution in [2.75, 3.05) is 27.9 Å². The van der Waals surface area contributed by atoms with E-state index in [9.17, 15) is 4.79 Å². The summed E-state index contributed by atoms with van der Waals surface area (Å²) in [4.78, 5) is 20.4. The third-order valence-electron chi connectivity index (χ3n) is 5.23. The number of hydrogen-bond donors (Lipinski definition) is 0. The van der Waals surface area contributed by atoms with E-state index in [0.29, 0.717) is 31.1 Å². The molecule has 0 unspecified atom stereocenters. The van der Waals surface area contributed by atoms with Gasteiger partial charge in [0.2, 0.25) is 0 Å². The fourth-order valence-corrected chi connectivity index (χ4v) is 5.11. The van der Waals surface area contributed by atoms with Crippen LogP contribution in [0.15, 0.2) is 23.0 Å². The van der Waals surface area contributed by atoms with Gasteiger partial charge in [0, 0.05) is 18.4 Å². The van der Waals surface area contributed by atoms with Crippen LogP contribution in [-0.2, 0) is 30.5 Å². The van der Waals surface area contributed by atoms with Crippen molar-refractivity contribution in [2.45, 2.75) is 32.2 Å². The Morgan fingerprint density at radius 1 is 1.14 bits per heavy atom. The molecule has 1 aliphatic carbocycles. The summed E-state index contributed by atoms with van der Waals surface area (Å²) < 4.78 is 17.7. The molecule has 2 heterocycles. The van der Waals surface area contributed by atoms with Gasteiger partial charge in [-0.25, -0.2) is 4.98 Å². The van der Waals surface area contributed by atoms with Gasteiger partial charge >= 0.3 is 0 Å². The minimum atomic E-state index is 0.0527. The molecule has 7 heteroatoms. The maximum Gasteiger partial charge on any atom is 0.262 e. The largest absolute Gasteiger partial charge is 0.493 e. The number of aryl methyl sites for hydroxylation is 2. The highest BCUT2D eigenvalue weighted by molar-refractivity contribution is 7.18. The van der Waals surface area contributed by atoms with Crippen molar-refractivity contribution in [3.63, 3.8) is 0 Å². The molecule has 148 valence electrons. The molecule has 0 atom stereocenters. The summed E-state index contributed by atoms with van der Waals surface area (Å²) >= 11 is 1.67. The highest BCUT2D eigenvalue weighted by Gasteiger charge is 2.23. The second kappa shape index (κ2) is 7.93. The fraction of sp³-hybridized carbons (Fsp3) is 0.429. The van der Waals surface area contributed by atoms with Crippen LogP contribution in [0.1, 0.15) is 28.2 Å². The minimum Gasteiger partial charge on any atom is -0.493 e. The molecular weight excluding hydrogens is 376 g/mol. The van der Waals surface area contributed by atoms with Gasteiger partial charge in [-0.2, -0.15) is 0 Å². The molecule has 0 amide bonds. The Kier molecular flexibility index (Phi) is 5.37. The molecule has 0 aliphatic heterocycles. The van der Waals surface area contributed by atoms with Gasteiger partial charge in [-0.1, -0.05) is 6.07 Å². The maximum atomic E-state index is 13.3. The molecule has 0 radical (unpaired) electrons. The zero-order chi connectivity index (χ0) is 19.7. The third-order valence-corrected chi connectivity index (χ3v) is 6.42. The second-order valence-electron chi connectivity index (χ2n) is 6.88. The minimum absolute atomic E-state index is 0.0527. The Labute approximate surface area is 167 Å². The topological polar surface area (TPSA) is 62.6 Å². The van der Waals surface area contributed by atoms with E-state index in [4.69, 9.17) is 19.2 Å². The molecule has 0 N–H and O–H groups in total. The van der Waals surface area contributed by atoms with Crippen LogP contribution >= 0.6 is 11.3 Å². The van der Waals surface area contributed by atoms with Gasteiger partial charge in [0.05, 0.1) is 32.8 Å². The molecule has 0 saturated carbocycles. The highest BCUT2D eigenvalue weighted by atomic mass is 32.1. The van der Waals surface area contributed by atoms with Gasteiger partial charge < -0.3 is 14.2 Å².